The Hall–Kier alpha value is -0.0800. The van der Waals surface area contributed by atoms with Gasteiger partial charge in [0.2, 0.25) is 0 Å². The fraction of sp³-hybridized carbons (Fsp3) is 1.00. The van der Waals surface area contributed by atoms with Crippen LogP contribution in [-0.4, -0.2) is 23.4 Å². The van der Waals surface area contributed by atoms with Crippen LogP contribution < -0.4 is 0 Å². The fourth-order valence-corrected chi connectivity index (χ4v) is 1.62. The lowest BCUT2D eigenvalue weighted by Gasteiger charge is -2.36. The average Bonchev–Trinajstić information content (AvgIpc) is 2.13. The van der Waals surface area contributed by atoms with E-state index in [0.29, 0.717) is 11.8 Å². The van der Waals surface area contributed by atoms with Crippen molar-refractivity contribution in [2.75, 3.05) is 13.2 Å². The zero-order valence-corrected chi connectivity index (χ0v) is 9.38. The Balaban J connectivity index is 4.38. The van der Waals surface area contributed by atoms with Gasteiger partial charge in [-0.05, 0) is 18.3 Å². The molecule has 0 aliphatic rings. The highest BCUT2D eigenvalue weighted by atomic mass is 16.3. The van der Waals surface area contributed by atoms with Crippen molar-refractivity contribution >= 4 is 0 Å². The molecule has 0 radical (unpaired) electrons. The highest BCUT2D eigenvalue weighted by Gasteiger charge is 2.33. The summed E-state index contributed by atoms with van der Waals surface area (Å²) >= 11 is 0. The maximum atomic E-state index is 9.33. The van der Waals surface area contributed by atoms with Crippen molar-refractivity contribution in [3.8, 4) is 0 Å². The summed E-state index contributed by atoms with van der Waals surface area (Å²) in [6.45, 7) is 8.62. The number of hydrogen-bond donors (Lipinski definition) is 2. The molecule has 13 heavy (non-hydrogen) atoms. The van der Waals surface area contributed by atoms with Gasteiger partial charge in [0.05, 0.1) is 13.2 Å². The predicted octanol–water partition coefficient (Wildman–Crippen LogP) is 2.05. The molecular formula is C11H24O2. The second kappa shape index (κ2) is 5.61. The van der Waals surface area contributed by atoms with E-state index in [9.17, 15) is 10.2 Å². The first-order chi connectivity index (χ1) is 6.02. The molecule has 1 unspecified atom stereocenters. The zero-order chi connectivity index (χ0) is 10.5. The molecule has 0 heterocycles. The Morgan fingerprint density at radius 1 is 1.08 bits per heavy atom. The van der Waals surface area contributed by atoms with E-state index in [-0.39, 0.29) is 18.6 Å². The van der Waals surface area contributed by atoms with Crippen LogP contribution in [0.15, 0.2) is 0 Å². The van der Waals surface area contributed by atoms with E-state index in [4.69, 9.17) is 0 Å². The standard InChI is InChI=1S/C11H24O2/c1-5-10(4)6-11(7-12,8-13)9(2)3/h9-10,12-13H,5-8H2,1-4H3. The molecular weight excluding hydrogens is 164 g/mol. The van der Waals surface area contributed by atoms with Crippen molar-refractivity contribution < 1.29 is 10.2 Å². The van der Waals surface area contributed by atoms with Crippen LogP contribution in [0.25, 0.3) is 0 Å². The zero-order valence-electron chi connectivity index (χ0n) is 9.38. The summed E-state index contributed by atoms with van der Waals surface area (Å²) in [4.78, 5) is 0. The van der Waals surface area contributed by atoms with Gasteiger partial charge in [-0.3, -0.25) is 0 Å². The molecule has 0 aliphatic heterocycles. The lowest BCUT2D eigenvalue weighted by Crippen LogP contribution is -2.37. The number of rotatable bonds is 6. The van der Waals surface area contributed by atoms with Crippen molar-refractivity contribution in [2.24, 2.45) is 17.3 Å². The SMILES string of the molecule is CCC(C)CC(CO)(CO)C(C)C. The van der Waals surface area contributed by atoms with E-state index in [1.807, 2.05) is 0 Å². The molecule has 0 bridgehead atoms. The normalized spacial score (nSPS) is 15.0. The molecule has 0 amide bonds. The summed E-state index contributed by atoms with van der Waals surface area (Å²) in [7, 11) is 0. The van der Waals surface area contributed by atoms with Gasteiger partial charge in [-0.2, -0.15) is 0 Å². The highest BCUT2D eigenvalue weighted by Crippen LogP contribution is 2.34. The number of aliphatic hydroxyl groups excluding tert-OH is 2. The molecule has 0 saturated carbocycles. The van der Waals surface area contributed by atoms with E-state index < -0.39 is 0 Å². The Morgan fingerprint density at radius 2 is 1.54 bits per heavy atom. The van der Waals surface area contributed by atoms with Crippen LogP contribution in [0.1, 0.15) is 40.5 Å². The molecule has 1 atom stereocenters. The number of hydrogen-bond acceptors (Lipinski definition) is 2. The molecule has 80 valence electrons. The molecule has 2 heteroatoms. The summed E-state index contributed by atoms with van der Waals surface area (Å²) < 4.78 is 0. The quantitative estimate of drug-likeness (QED) is 0.669. The Bertz CT molecular complexity index is 128. The molecule has 0 aromatic carbocycles. The van der Waals surface area contributed by atoms with E-state index in [0.717, 1.165) is 12.8 Å². The first-order valence-corrected chi connectivity index (χ1v) is 5.24. The van der Waals surface area contributed by atoms with Crippen LogP contribution in [0, 0.1) is 17.3 Å². The number of aliphatic hydroxyl groups is 2. The molecule has 0 saturated heterocycles. The van der Waals surface area contributed by atoms with E-state index in [1.165, 1.54) is 0 Å². The Morgan fingerprint density at radius 3 is 1.77 bits per heavy atom. The van der Waals surface area contributed by atoms with Crippen LogP contribution in [0.5, 0.6) is 0 Å². The molecule has 0 aliphatic carbocycles. The minimum absolute atomic E-state index is 0.0888. The van der Waals surface area contributed by atoms with E-state index >= 15 is 0 Å². The van der Waals surface area contributed by atoms with Gasteiger partial charge in [0, 0.05) is 5.41 Å². The van der Waals surface area contributed by atoms with Gasteiger partial charge >= 0.3 is 0 Å². The monoisotopic (exact) mass is 188 g/mol. The summed E-state index contributed by atoms with van der Waals surface area (Å²) in [6, 6.07) is 0. The van der Waals surface area contributed by atoms with Gasteiger partial charge in [-0.25, -0.2) is 0 Å². The molecule has 2 nitrogen and oxygen atoms in total. The molecule has 0 aromatic heterocycles. The van der Waals surface area contributed by atoms with Crippen LogP contribution >= 0.6 is 0 Å². The van der Waals surface area contributed by atoms with Crippen LogP contribution in [0.3, 0.4) is 0 Å². The van der Waals surface area contributed by atoms with E-state index in [1.54, 1.807) is 0 Å². The van der Waals surface area contributed by atoms with Gasteiger partial charge in [0.25, 0.3) is 0 Å². The van der Waals surface area contributed by atoms with Gasteiger partial charge in [0.1, 0.15) is 0 Å². The first-order valence-electron chi connectivity index (χ1n) is 5.24. The minimum Gasteiger partial charge on any atom is -0.396 e. The van der Waals surface area contributed by atoms with Crippen molar-refractivity contribution in [2.45, 2.75) is 40.5 Å². The van der Waals surface area contributed by atoms with Crippen molar-refractivity contribution in [1.29, 1.82) is 0 Å². The van der Waals surface area contributed by atoms with Crippen LogP contribution in [-0.2, 0) is 0 Å². The molecule has 0 spiro atoms. The van der Waals surface area contributed by atoms with Crippen LogP contribution in [0.2, 0.25) is 0 Å². The Kier molecular flexibility index (Phi) is 5.57. The van der Waals surface area contributed by atoms with Gasteiger partial charge in [-0.15, -0.1) is 0 Å². The summed E-state index contributed by atoms with van der Waals surface area (Å²) in [5, 5.41) is 18.7. The van der Waals surface area contributed by atoms with Gasteiger partial charge < -0.3 is 10.2 Å². The summed E-state index contributed by atoms with van der Waals surface area (Å²) in [6.07, 6.45) is 2.02. The second-order valence-electron chi connectivity index (χ2n) is 4.55. The van der Waals surface area contributed by atoms with Crippen molar-refractivity contribution in [3.05, 3.63) is 0 Å². The Labute approximate surface area is 82.0 Å². The molecule has 0 fully saturated rings. The second-order valence-corrected chi connectivity index (χ2v) is 4.55. The van der Waals surface area contributed by atoms with Crippen molar-refractivity contribution in [1.82, 2.24) is 0 Å². The topological polar surface area (TPSA) is 40.5 Å². The van der Waals surface area contributed by atoms with Gasteiger partial charge in [-0.1, -0.05) is 34.1 Å². The minimum atomic E-state index is -0.282. The highest BCUT2D eigenvalue weighted by molar-refractivity contribution is 4.82. The lowest BCUT2D eigenvalue weighted by atomic mass is 9.72. The van der Waals surface area contributed by atoms with Gasteiger partial charge in [0.15, 0.2) is 0 Å². The lowest BCUT2D eigenvalue weighted by molar-refractivity contribution is -0.00277. The fourth-order valence-electron chi connectivity index (χ4n) is 1.62. The third kappa shape index (κ3) is 3.28. The summed E-state index contributed by atoms with van der Waals surface area (Å²) in [5.74, 6) is 0.901. The predicted molar refractivity (Wildman–Crippen MR) is 55.5 cm³/mol. The van der Waals surface area contributed by atoms with E-state index in [2.05, 4.69) is 27.7 Å². The summed E-state index contributed by atoms with van der Waals surface area (Å²) in [5.41, 5.74) is -0.282. The smallest absolute Gasteiger partial charge is 0.0511 e. The van der Waals surface area contributed by atoms with Crippen molar-refractivity contribution in [3.63, 3.8) is 0 Å². The van der Waals surface area contributed by atoms with Crippen LogP contribution in [0.4, 0.5) is 0 Å². The average molecular weight is 188 g/mol. The largest absolute Gasteiger partial charge is 0.396 e. The maximum absolute atomic E-state index is 9.33. The third-order valence-electron chi connectivity index (χ3n) is 3.31. The maximum Gasteiger partial charge on any atom is 0.0511 e. The molecule has 0 aromatic rings. The first kappa shape index (κ1) is 12.9. The molecule has 2 N–H and O–H groups in total. The molecule has 0 rings (SSSR count). The third-order valence-corrected chi connectivity index (χ3v) is 3.31.